The van der Waals surface area contributed by atoms with Gasteiger partial charge in [-0.3, -0.25) is 4.79 Å². The third-order valence-electron chi connectivity index (χ3n) is 3.97. The molecule has 3 rings (SSSR count). The minimum atomic E-state index is -4.79. The van der Waals surface area contributed by atoms with Gasteiger partial charge in [0, 0.05) is 11.9 Å². The van der Waals surface area contributed by atoms with Crippen molar-refractivity contribution in [2.24, 2.45) is 11.5 Å². The molecule has 0 aliphatic carbocycles. The largest absolute Gasteiger partial charge is 0.573 e. The summed E-state index contributed by atoms with van der Waals surface area (Å²) in [7, 11) is 0. The molecule has 10 heteroatoms. The number of rotatable bonds is 6. The fourth-order valence-corrected chi connectivity index (χ4v) is 2.77. The molecule has 2 aromatic carbocycles. The van der Waals surface area contributed by atoms with Crippen molar-refractivity contribution in [1.29, 1.82) is 0 Å². The van der Waals surface area contributed by atoms with Gasteiger partial charge in [-0.15, -0.1) is 13.2 Å². The predicted octanol–water partition coefficient (Wildman–Crippen LogP) is 2.74. The Morgan fingerprint density at radius 2 is 1.93 bits per heavy atom. The quantitative estimate of drug-likeness (QED) is 0.595. The van der Waals surface area contributed by atoms with Gasteiger partial charge in [0.15, 0.2) is 0 Å². The van der Waals surface area contributed by atoms with Gasteiger partial charge in [0.05, 0.1) is 17.1 Å². The highest BCUT2D eigenvalue weighted by molar-refractivity contribution is 6.06. The number of para-hydroxylation sites is 1. The number of fused-ring (bicyclic) bond motifs is 1. The molecule has 0 bridgehead atoms. The second-order valence-corrected chi connectivity index (χ2v) is 5.84. The van der Waals surface area contributed by atoms with Gasteiger partial charge in [0.2, 0.25) is 0 Å². The molecule has 3 aromatic rings. The highest BCUT2D eigenvalue weighted by Crippen LogP contribution is 2.29. The molecule has 0 saturated carbocycles. The van der Waals surface area contributed by atoms with E-state index in [0.717, 1.165) is 0 Å². The first kappa shape index (κ1) is 19.4. The number of alkyl halides is 3. The number of anilines is 1. The summed E-state index contributed by atoms with van der Waals surface area (Å²) >= 11 is 0. The van der Waals surface area contributed by atoms with E-state index in [1.54, 1.807) is 24.3 Å². The molecule has 28 heavy (non-hydrogen) atoms. The first-order valence-electron chi connectivity index (χ1n) is 8.14. The Hall–Kier alpha value is -3.40. The number of nitrogens with one attached hydrogen (secondary N) is 1. The Morgan fingerprint density at radius 1 is 1.18 bits per heavy atom. The van der Waals surface area contributed by atoms with E-state index in [2.05, 4.69) is 20.0 Å². The molecule has 1 aromatic heterocycles. The van der Waals surface area contributed by atoms with Crippen molar-refractivity contribution in [2.45, 2.75) is 12.4 Å². The number of hydrogen-bond acceptors (Lipinski definition) is 6. The van der Waals surface area contributed by atoms with Crippen LogP contribution in [0.15, 0.2) is 48.8 Å². The van der Waals surface area contributed by atoms with Crippen LogP contribution in [0.3, 0.4) is 0 Å². The van der Waals surface area contributed by atoms with Crippen LogP contribution in [-0.4, -0.2) is 28.8 Å². The molecular weight excluding hydrogens is 375 g/mol. The average Bonchev–Trinajstić information content (AvgIpc) is 2.64. The lowest BCUT2D eigenvalue weighted by Gasteiger charge is -2.20. The van der Waals surface area contributed by atoms with Crippen molar-refractivity contribution in [2.75, 3.05) is 11.9 Å². The Balaban J connectivity index is 1.95. The first-order valence-corrected chi connectivity index (χ1v) is 8.14. The molecule has 1 atom stereocenters. The summed E-state index contributed by atoms with van der Waals surface area (Å²) in [5.41, 5.74) is 12.2. The van der Waals surface area contributed by atoms with Crippen LogP contribution in [-0.2, 0) is 0 Å². The molecule has 146 valence electrons. The van der Waals surface area contributed by atoms with Crippen LogP contribution in [0.4, 0.5) is 19.0 Å². The fraction of sp³-hybridized carbons (Fsp3) is 0.167. The maximum Gasteiger partial charge on any atom is 0.573 e. The van der Waals surface area contributed by atoms with Crippen molar-refractivity contribution < 1.29 is 22.7 Å². The van der Waals surface area contributed by atoms with Crippen LogP contribution in [0.2, 0.25) is 0 Å². The molecular formula is C18H16F3N5O2. The number of halogens is 3. The lowest BCUT2D eigenvalue weighted by molar-refractivity contribution is -0.274. The Bertz CT molecular complexity index is 1010. The molecule has 0 fully saturated rings. The standard InChI is InChI=1S/C18H16F3N5O2/c19-18(20,21)28-11-4-1-3-10(7-11)14(8-22)26-17-13-6-2-5-12(16(23)27)15(13)24-9-25-17/h1-7,9,14H,8,22H2,(H2,23,27)(H,24,25,26)/t14-/m1/s1. The molecule has 0 spiro atoms. The fourth-order valence-electron chi connectivity index (χ4n) is 2.77. The molecule has 7 nitrogen and oxygen atoms in total. The van der Waals surface area contributed by atoms with Gasteiger partial charge in [0.25, 0.3) is 5.91 Å². The van der Waals surface area contributed by atoms with Gasteiger partial charge in [-0.2, -0.15) is 0 Å². The zero-order valence-corrected chi connectivity index (χ0v) is 14.4. The lowest BCUT2D eigenvalue weighted by atomic mass is 10.1. The minimum absolute atomic E-state index is 0.0659. The molecule has 0 saturated heterocycles. The van der Waals surface area contributed by atoms with Gasteiger partial charge in [-0.1, -0.05) is 18.2 Å². The highest BCUT2D eigenvalue weighted by atomic mass is 19.4. The summed E-state index contributed by atoms with van der Waals surface area (Å²) in [6.07, 6.45) is -3.54. The van der Waals surface area contributed by atoms with Gasteiger partial charge in [0.1, 0.15) is 17.9 Å². The summed E-state index contributed by atoms with van der Waals surface area (Å²) in [5.74, 6) is -0.623. The van der Waals surface area contributed by atoms with Crippen LogP contribution >= 0.6 is 0 Å². The molecule has 1 amide bonds. The first-order chi connectivity index (χ1) is 13.3. The Labute approximate surface area is 157 Å². The van der Waals surface area contributed by atoms with Crippen molar-refractivity contribution >= 4 is 22.6 Å². The summed E-state index contributed by atoms with van der Waals surface area (Å²) < 4.78 is 41.3. The van der Waals surface area contributed by atoms with Gasteiger partial charge >= 0.3 is 6.36 Å². The van der Waals surface area contributed by atoms with E-state index in [9.17, 15) is 18.0 Å². The monoisotopic (exact) mass is 391 g/mol. The smallest absolute Gasteiger partial charge is 0.406 e. The van der Waals surface area contributed by atoms with Crippen LogP contribution in [0.5, 0.6) is 5.75 Å². The Kier molecular flexibility index (Phi) is 5.32. The summed E-state index contributed by atoms with van der Waals surface area (Å²) in [6, 6.07) is 9.80. The highest BCUT2D eigenvalue weighted by Gasteiger charge is 2.31. The minimum Gasteiger partial charge on any atom is -0.406 e. The number of nitrogens with zero attached hydrogens (tertiary/aromatic N) is 2. The van der Waals surface area contributed by atoms with Crippen molar-refractivity contribution in [3.8, 4) is 5.75 Å². The third-order valence-corrected chi connectivity index (χ3v) is 3.97. The normalized spacial score (nSPS) is 12.6. The van der Waals surface area contributed by atoms with E-state index in [1.165, 1.54) is 24.5 Å². The van der Waals surface area contributed by atoms with E-state index < -0.39 is 18.3 Å². The van der Waals surface area contributed by atoms with Crippen LogP contribution < -0.4 is 21.5 Å². The molecule has 0 unspecified atom stereocenters. The molecule has 0 aliphatic heterocycles. The average molecular weight is 391 g/mol. The molecule has 1 heterocycles. The number of hydrogen-bond donors (Lipinski definition) is 3. The van der Waals surface area contributed by atoms with Gasteiger partial charge in [-0.05, 0) is 29.8 Å². The molecule has 0 radical (unpaired) electrons. The number of carbonyl (C=O) groups excluding carboxylic acids is 1. The third kappa shape index (κ3) is 4.29. The van der Waals surface area contributed by atoms with E-state index in [-0.39, 0.29) is 17.9 Å². The van der Waals surface area contributed by atoms with Crippen LogP contribution in [0.25, 0.3) is 10.9 Å². The lowest BCUT2D eigenvalue weighted by Crippen LogP contribution is -2.22. The number of ether oxygens (including phenoxy) is 1. The Morgan fingerprint density at radius 3 is 2.61 bits per heavy atom. The SMILES string of the molecule is NC[C@@H](Nc1ncnc2c(C(N)=O)cccc12)c1cccc(OC(F)(F)F)c1. The second kappa shape index (κ2) is 7.69. The van der Waals surface area contributed by atoms with Crippen LogP contribution in [0, 0.1) is 0 Å². The van der Waals surface area contributed by atoms with E-state index in [1.807, 2.05) is 0 Å². The second-order valence-electron chi connectivity index (χ2n) is 5.84. The van der Waals surface area contributed by atoms with Gasteiger partial charge < -0.3 is 21.5 Å². The summed E-state index contributed by atoms with van der Waals surface area (Å²) in [4.78, 5) is 19.8. The summed E-state index contributed by atoms with van der Waals surface area (Å²) in [6.45, 7) is 0.0659. The van der Waals surface area contributed by atoms with Crippen LogP contribution in [0.1, 0.15) is 22.0 Å². The predicted molar refractivity (Wildman–Crippen MR) is 96.6 cm³/mol. The molecule has 0 aliphatic rings. The number of benzene rings is 2. The summed E-state index contributed by atoms with van der Waals surface area (Å²) in [5, 5.41) is 3.61. The molecule has 5 N–H and O–H groups in total. The maximum absolute atomic E-state index is 12.5. The van der Waals surface area contributed by atoms with Crippen molar-refractivity contribution in [3.05, 3.63) is 59.9 Å². The van der Waals surface area contributed by atoms with E-state index >= 15 is 0 Å². The van der Waals surface area contributed by atoms with Crippen molar-refractivity contribution in [3.63, 3.8) is 0 Å². The zero-order valence-electron chi connectivity index (χ0n) is 14.4. The van der Waals surface area contributed by atoms with Crippen molar-refractivity contribution in [1.82, 2.24) is 9.97 Å². The number of carbonyl (C=O) groups is 1. The van der Waals surface area contributed by atoms with E-state index in [0.29, 0.717) is 22.3 Å². The van der Waals surface area contributed by atoms with Gasteiger partial charge in [-0.25, -0.2) is 9.97 Å². The van der Waals surface area contributed by atoms with E-state index in [4.69, 9.17) is 11.5 Å². The number of aromatic nitrogens is 2. The zero-order chi connectivity index (χ0) is 20.3. The number of amides is 1. The maximum atomic E-state index is 12.5. The topological polar surface area (TPSA) is 116 Å². The number of nitrogens with two attached hydrogens (primary N) is 2. The number of primary amides is 1.